The van der Waals surface area contributed by atoms with E-state index >= 15 is 0 Å². The van der Waals surface area contributed by atoms with Gasteiger partial charge in [0.15, 0.2) is 0 Å². The highest BCUT2D eigenvalue weighted by atomic mass is 35.5. The molecule has 1 aromatic rings. The van der Waals surface area contributed by atoms with Crippen LogP contribution < -0.4 is 5.32 Å². The molecule has 0 radical (unpaired) electrons. The molecule has 1 heterocycles. The molecular formula is C17H23ClN2O3. The first-order valence-corrected chi connectivity index (χ1v) is 8.27. The van der Waals surface area contributed by atoms with Crippen molar-refractivity contribution in [3.63, 3.8) is 0 Å². The second-order valence-electron chi connectivity index (χ2n) is 5.80. The van der Waals surface area contributed by atoms with Crippen molar-refractivity contribution in [2.45, 2.75) is 19.3 Å². The number of hydrogen-bond acceptors (Lipinski definition) is 4. The van der Waals surface area contributed by atoms with Crippen LogP contribution in [0, 0.1) is 5.92 Å². The predicted octanol–water partition coefficient (Wildman–Crippen LogP) is 1.88. The van der Waals surface area contributed by atoms with E-state index in [0.29, 0.717) is 18.1 Å². The average molecular weight is 339 g/mol. The minimum Gasteiger partial charge on any atom is -0.469 e. The monoisotopic (exact) mass is 338 g/mol. The van der Waals surface area contributed by atoms with Crippen molar-refractivity contribution in [1.82, 2.24) is 10.2 Å². The van der Waals surface area contributed by atoms with Gasteiger partial charge in [-0.25, -0.2) is 0 Å². The Balaban J connectivity index is 1.64. The van der Waals surface area contributed by atoms with Gasteiger partial charge >= 0.3 is 5.97 Å². The summed E-state index contributed by atoms with van der Waals surface area (Å²) in [5, 5.41) is 3.65. The van der Waals surface area contributed by atoms with Gasteiger partial charge in [-0.3, -0.25) is 14.5 Å². The standard InChI is InChI=1S/C17H23ClN2O3/c1-23-17(22)14-7-10-20(11-8-14)12-16(21)19-9-6-13-2-4-15(18)5-3-13/h2-5,14H,6-12H2,1H3,(H,19,21). The van der Waals surface area contributed by atoms with Gasteiger partial charge < -0.3 is 10.1 Å². The second kappa shape index (κ2) is 8.89. The lowest BCUT2D eigenvalue weighted by molar-refractivity contribution is -0.147. The number of esters is 1. The van der Waals surface area contributed by atoms with Crippen LogP contribution in [0.3, 0.4) is 0 Å². The first kappa shape index (κ1) is 17.8. The molecule has 1 amide bonds. The quantitative estimate of drug-likeness (QED) is 0.805. The number of hydrogen-bond donors (Lipinski definition) is 1. The number of methoxy groups -OCH3 is 1. The molecule has 5 nitrogen and oxygen atoms in total. The van der Waals surface area contributed by atoms with Crippen molar-refractivity contribution >= 4 is 23.5 Å². The Bertz CT molecular complexity index is 525. The topological polar surface area (TPSA) is 58.6 Å². The number of halogens is 1. The van der Waals surface area contributed by atoms with Crippen LogP contribution in [0.5, 0.6) is 0 Å². The van der Waals surface area contributed by atoms with Crippen LogP contribution in [-0.4, -0.2) is 50.1 Å². The highest BCUT2D eigenvalue weighted by Crippen LogP contribution is 2.18. The Morgan fingerprint density at radius 1 is 1.26 bits per heavy atom. The van der Waals surface area contributed by atoms with Crippen molar-refractivity contribution in [2.75, 3.05) is 33.3 Å². The smallest absolute Gasteiger partial charge is 0.308 e. The van der Waals surface area contributed by atoms with Crippen molar-refractivity contribution in [2.24, 2.45) is 5.92 Å². The molecule has 0 bridgehead atoms. The summed E-state index contributed by atoms with van der Waals surface area (Å²) < 4.78 is 4.76. The number of benzene rings is 1. The summed E-state index contributed by atoms with van der Waals surface area (Å²) in [4.78, 5) is 25.5. The van der Waals surface area contributed by atoms with Crippen LogP contribution in [-0.2, 0) is 20.7 Å². The fourth-order valence-corrected chi connectivity index (χ4v) is 2.88. The average Bonchev–Trinajstić information content (AvgIpc) is 2.56. The normalized spacial score (nSPS) is 16.1. The highest BCUT2D eigenvalue weighted by Gasteiger charge is 2.26. The summed E-state index contributed by atoms with van der Waals surface area (Å²) in [6, 6.07) is 7.63. The molecule has 6 heteroatoms. The molecule has 0 saturated carbocycles. The van der Waals surface area contributed by atoms with E-state index in [0.717, 1.165) is 37.9 Å². The SMILES string of the molecule is COC(=O)C1CCN(CC(=O)NCCc2ccc(Cl)cc2)CC1. The van der Waals surface area contributed by atoms with Crippen molar-refractivity contribution in [3.8, 4) is 0 Å². The summed E-state index contributed by atoms with van der Waals surface area (Å²) in [7, 11) is 1.42. The van der Waals surface area contributed by atoms with E-state index in [9.17, 15) is 9.59 Å². The molecule has 126 valence electrons. The maximum absolute atomic E-state index is 12.0. The van der Waals surface area contributed by atoms with Crippen LogP contribution in [0.15, 0.2) is 24.3 Å². The first-order chi connectivity index (χ1) is 11.1. The maximum atomic E-state index is 12.0. The molecule has 1 aromatic carbocycles. The van der Waals surface area contributed by atoms with Crippen molar-refractivity contribution in [3.05, 3.63) is 34.9 Å². The van der Waals surface area contributed by atoms with Gasteiger partial charge in [-0.05, 0) is 50.0 Å². The van der Waals surface area contributed by atoms with Crippen LogP contribution >= 0.6 is 11.6 Å². The van der Waals surface area contributed by atoms with E-state index in [-0.39, 0.29) is 17.8 Å². The van der Waals surface area contributed by atoms with Crippen LogP contribution in [0.2, 0.25) is 5.02 Å². The summed E-state index contributed by atoms with van der Waals surface area (Å²) in [5.41, 5.74) is 1.15. The number of nitrogens with one attached hydrogen (secondary N) is 1. The third-order valence-electron chi connectivity index (χ3n) is 4.14. The molecule has 23 heavy (non-hydrogen) atoms. The van der Waals surface area contributed by atoms with Crippen molar-refractivity contribution < 1.29 is 14.3 Å². The van der Waals surface area contributed by atoms with Gasteiger partial charge in [0.05, 0.1) is 19.6 Å². The van der Waals surface area contributed by atoms with Gasteiger partial charge in [-0.1, -0.05) is 23.7 Å². The van der Waals surface area contributed by atoms with Gasteiger partial charge in [0.25, 0.3) is 0 Å². The van der Waals surface area contributed by atoms with E-state index in [1.807, 2.05) is 24.3 Å². The van der Waals surface area contributed by atoms with E-state index in [4.69, 9.17) is 16.3 Å². The largest absolute Gasteiger partial charge is 0.469 e. The zero-order valence-electron chi connectivity index (χ0n) is 13.4. The van der Waals surface area contributed by atoms with Gasteiger partial charge in [-0.15, -0.1) is 0 Å². The molecule has 1 aliphatic heterocycles. The summed E-state index contributed by atoms with van der Waals surface area (Å²) in [6.45, 7) is 2.50. The Labute approximate surface area is 141 Å². The van der Waals surface area contributed by atoms with Crippen molar-refractivity contribution in [1.29, 1.82) is 0 Å². The molecule has 0 atom stereocenters. The molecule has 1 aliphatic rings. The summed E-state index contributed by atoms with van der Waals surface area (Å²) in [5.74, 6) is -0.142. The van der Waals surface area contributed by atoms with E-state index < -0.39 is 0 Å². The van der Waals surface area contributed by atoms with Gasteiger partial charge in [-0.2, -0.15) is 0 Å². The zero-order chi connectivity index (χ0) is 16.7. The van der Waals surface area contributed by atoms with Gasteiger partial charge in [0.2, 0.25) is 5.91 Å². The number of ether oxygens (including phenoxy) is 1. The number of nitrogens with zero attached hydrogens (tertiary/aromatic N) is 1. The third kappa shape index (κ3) is 5.84. The molecule has 1 fully saturated rings. The molecule has 1 saturated heterocycles. The lowest BCUT2D eigenvalue weighted by Gasteiger charge is -2.29. The number of piperidine rings is 1. The fourth-order valence-electron chi connectivity index (χ4n) is 2.75. The lowest BCUT2D eigenvalue weighted by atomic mass is 9.97. The number of amides is 1. The molecule has 0 unspecified atom stereocenters. The van der Waals surface area contributed by atoms with E-state index in [1.54, 1.807) is 0 Å². The predicted molar refractivity (Wildman–Crippen MR) is 89.3 cm³/mol. The number of carbonyl (C=O) groups excluding carboxylic acids is 2. The Kier molecular flexibility index (Phi) is 6.86. The molecule has 0 aliphatic carbocycles. The Hall–Kier alpha value is -1.59. The van der Waals surface area contributed by atoms with Gasteiger partial charge in [0, 0.05) is 11.6 Å². The fraction of sp³-hybridized carbons (Fsp3) is 0.529. The third-order valence-corrected chi connectivity index (χ3v) is 4.39. The first-order valence-electron chi connectivity index (χ1n) is 7.90. The van der Waals surface area contributed by atoms with Crippen LogP contribution in [0.1, 0.15) is 18.4 Å². The molecule has 0 spiro atoms. The highest BCUT2D eigenvalue weighted by molar-refractivity contribution is 6.30. The molecular weight excluding hydrogens is 316 g/mol. The zero-order valence-corrected chi connectivity index (χ0v) is 14.1. The number of rotatable bonds is 6. The van der Waals surface area contributed by atoms with Crippen LogP contribution in [0.25, 0.3) is 0 Å². The number of carbonyl (C=O) groups is 2. The molecule has 2 rings (SSSR count). The summed E-state index contributed by atoms with van der Waals surface area (Å²) >= 11 is 5.84. The van der Waals surface area contributed by atoms with Gasteiger partial charge in [0.1, 0.15) is 0 Å². The maximum Gasteiger partial charge on any atom is 0.308 e. The van der Waals surface area contributed by atoms with Crippen LogP contribution in [0.4, 0.5) is 0 Å². The molecule has 1 N–H and O–H groups in total. The van der Waals surface area contributed by atoms with E-state index in [2.05, 4.69) is 10.2 Å². The lowest BCUT2D eigenvalue weighted by Crippen LogP contribution is -2.43. The minimum absolute atomic E-state index is 0.0236. The Morgan fingerprint density at radius 3 is 2.52 bits per heavy atom. The van der Waals surface area contributed by atoms with E-state index in [1.165, 1.54) is 7.11 Å². The number of likely N-dealkylation sites (tertiary alicyclic amines) is 1. The summed E-state index contributed by atoms with van der Waals surface area (Å²) in [6.07, 6.45) is 2.29. The Morgan fingerprint density at radius 2 is 1.91 bits per heavy atom. The second-order valence-corrected chi connectivity index (χ2v) is 6.24. The molecule has 0 aromatic heterocycles. The minimum atomic E-state index is -0.142.